The van der Waals surface area contributed by atoms with Crippen LogP contribution in [0.3, 0.4) is 0 Å². The van der Waals surface area contributed by atoms with Gasteiger partial charge in [0.25, 0.3) is 0 Å². The average Bonchev–Trinajstić information content (AvgIpc) is 3.44. The lowest BCUT2D eigenvalue weighted by Gasteiger charge is -2.37. The summed E-state index contributed by atoms with van der Waals surface area (Å²) in [6.07, 6.45) is 0.195. The van der Waals surface area contributed by atoms with E-state index in [2.05, 4.69) is 41.6 Å². The van der Waals surface area contributed by atoms with E-state index in [1.807, 2.05) is 42.3 Å². The van der Waals surface area contributed by atoms with Crippen LogP contribution >= 0.6 is 23.1 Å². The summed E-state index contributed by atoms with van der Waals surface area (Å²) in [5.74, 6) is -0.697. The van der Waals surface area contributed by atoms with Gasteiger partial charge in [0.1, 0.15) is 18.7 Å². The lowest BCUT2D eigenvalue weighted by molar-refractivity contribution is -0.185. The van der Waals surface area contributed by atoms with Crippen LogP contribution in [0.5, 0.6) is 5.75 Å². The number of halogens is 4. The number of alkyl halides is 3. The van der Waals surface area contributed by atoms with Crippen LogP contribution in [-0.4, -0.2) is 83.4 Å². The number of rotatable bonds is 8. The fraction of sp³-hybridized carbons (Fsp3) is 0.333. The third-order valence-corrected chi connectivity index (χ3v) is 9.57. The molecule has 0 unspecified atom stereocenters. The minimum Gasteiger partial charge on any atom is -0.494 e. The highest BCUT2D eigenvalue weighted by Crippen LogP contribution is 2.42. The molecule has 0 spiro atoms. The minimum absolute atomic E-state index is 0.0795. The van der Waals surface area contributed by atoms with E-state index in [-0.39, 0.29) is 32.1 Å². The van der Waals surface area contributed by atoms with Crippen LogP contribution in [0.4, 0.5) is 42.0 Å². The Bertz CT molecular complexity index is 1820. The van der Waals surface area contributed by atoms with Crippen molar-refractivity contribution in [2.75, 3.05) is 62.2 Å². The minimum atomic E-state index is -4.92. The standard InChI is InChI=1S/C30H33BrF3N8O3P/c1-18-6-7-22(26(12-18)46(4,5)44)37-27-21(31)16-35-29(39-27)38-23-13-20(19-15-36-40(2)17-19)24(14-25(23)45-3)41-8-10-42(11-9-41)28(43)30(32,33)34/h6-7,12-17H,8-11H2,1-5H3,(H2,35,37,38,39). The third kappa shape index (κ3) is 7.31. The molecule has 0 aliphatic carbocycles. The summed E-state index contributed by atoms with van der Waals surface area (Å²) in [7, 11) is 0.683. The van der Waals surface area contributed by atoms with Crippen molar-refractivity contribution in [3.05, 3.63) is 59.0 Å². The normalized spacial score (nSPS) is 13.9. The number of ether oxygens (including phenoxy) is 1. The van der Waals surface area contributed by atoms with Crippen LogP contribution in [0.2, 0.25) is 0 Å². The number of methoxy groups -OCH3 is 1. The van der Waals surface area contributed by atoms with Crippen molar-refractivity contribution < 1.29 is 27.3 Å². The Labute approximate surface area is 272 Å². The summed E-state index contributed by atoms with van der Waals surface area (Å²) in [4.78, 5) is 23.6. The van der Waals surface area contributed by atoms with E-state index in [4.69, 9.17) is 4.74 Å². The van der Waals surface area contributed by atoms with Gasteiger partial charge in [0.05, 0.1) is 29.2 Å². The smallest absolute Gasteiger partial charge is 0.471 e. The highest BCUT2D eigenvalue weighted by atomic mass is 79.9. The summed E-state index contributed by atoms with van der Waals surface area (Å²) in [5, 5.41) is 11.5. The highest BCUT2D eigenvalue weighted by molar-refractivity contribution is 9.10. The van der Waals surface area contributed by atoms with Gasteiger partial charge in [-0.3, -0.25) is 9.48 Å². The Morgan fingerprint density at radius 3 is 2.37 bits per heavy atom. The van der Waals surface area contributed by atoms with Crippen molar-refractivity contribution in [3.8, 4) is 16.9 Å². The van der Waals surface area contributed by atoms with E-state index >= 15 is 0 Å². The van der Waals surface area contributed by atoms with Crippen LogP contribution in [0.25, 0.3) is 11.1 Å². The Morgan fingerprint density at radius 2 is 1.76 bits per heavy atom. The first kappa shape index (κ1) is 33.3. The molecule has 1 aliphatic rings. The number of benzene rings is 2. The molecular formula is C30H33BrF3N8O3P. The first-order valence-electron chi connectivity index (χ1n) is 14.2. The van der Waals surface area contributed by atoms with Crippen LogP contribution in [-0.2, 0) is 16.4 Å². The van der Waals surface area contributed by atoms with Crippen molar-refractivity contribution >= 4 is 63.1 Å². The molecule has 0 bridgehead atoms. The average molecular weight is 722 g/mol. The van der Waals surface area contributed by atoms with Gasteiger partial charge >= 0.3 is 12.1 Å². The number of nitrogens with zero attached hydrogens (tertiary/aromatic N) is 6. The first-order valence-corrected chi connectivity index (χ1v) is 17.6. The zero-order chi connectivity index (χ0) is 33.4. The third-order valence-electron chi connectivity index (χ3n) is 7.46. The van der Waals surface area contributed by atoms with Crippen molar-refractivity contribution in [2.45, 2.75) is 13.1 Å². The van der Waals surface area contributed by atoms with E-state index in [1.165, 1.54) is 7.11 Å². The van der Waals surface area contributed by atoms with E-state index < -0.39 is 19.2 Å². The Balaban J connectivity index is 1.48. The van der Waals surface area contributed by atoms with Crippen LogP contribution < -0.4 is 25.6 Å². The second kappa shape index (κ2) is 13.0. The Morgan fingerprint density at radius 1 is 1.04 bits per heavy atom. The van der Waals surface area contributed by atoms with Gasteiger partial charge in [-0.05, 0) is 54.4 Å². The van der Waals surface area contributed by atoms with Gasteiger partial charge in [0, 0.05) is 73.8 Å². The fourth-order valence-electron chi connectivity index (χ4n) is 5.17. The van der Waals surface area contributed by atoms with Gasteiger partial charge in [0.2, 0.25) is 5.95 Å². The molecule has 2 N–H and O–H groups in total. The van der Waals surface area contributed by atoms with Crippen molar-refractivity contribution in [3.63, 3.8) is 0 Å². The maximum absolute atomic E-state index is 13.0. The lowest BCUT2D eigenvalue weighted by Crippen LogP contribution is -2.52. The van der Waals surface area contributed by atoms with Crippen molar-refractivity contribution in [1.82, 2.24) is 24.6 Å². The maximum atomic E-state index is 13.0. The zero-order valence-electron chi connectivity index (χ0n) is 25.8. The molecule has 46 heavy (non-hydrogen) atoms. The number of carbonyl (C=O) groups excluding carboxylic acids is 1. The number of aromatic nitrogens is 4. The van der Waals surface area contributed by atoms with Gasteiger partial charge < -0.3 is 29.7 Å². The predicted molar refractivity (Wildman–Crippen MR) is 177 cm³/mol. The van der Waals surface area contributed by atoms with Crippen LogP contribution in [0, 0.1) is 6.92 Å². The SMILES string of the molecule is COc1cc(N2CCN(C(=O)C(F)(F)F)CC2)c(-c2cnn(C)c2)cc1Nc1ncc(Br)c(Nc2ccc(C)cc2P(C)(C)=O)n1. The fourth-order valence-corrected chi connectivity index (χ4v) is 6.69. The van der Waals surface area contributed by atoms with Crippen molar-refractivity contribution in [1.29, 1.82) is 0 Å². The number of aryl methyl sites for hydroxylation is 2. The van der Waals surface area contributed by atoms with E-state index in [0.29, 0.717) is 38.4 Å². The maximum Gasteiger partial charge on any atom is 0.471 e. The summed E-state index contributed by atoms with van der Waals surface area (Å²) in [5.41, 5.74) is 4.42. The molecule has 2 aromatic heterocycles. The molecule has 244 valence electrons. The first-order chi connectivity index (χ1) is 21.6. The van der Waals surface area contributed by atoms with Crippen LogP contribution in [0.15, 0.2) is 53.4 Å². The molecule has 1 fully saturated rings. The molecule has 5 rings (SSSR count). The van der Waals surface area contributed by atoms with E-state index in [0.717, 1.165) is 21.6 Å². The van der Waals surface area contributed by atoms with E-state index in [1.54, 1.807) is 43.5 Å². The molecule has 0 radical (unpaired) electrons. The second-order valence-corrected chi connectivity index (χ2v) is 15.3. The summed E-state index contributed by atoms with van der Waals surface area (Å²) < 4.78 is 60.1. The topological polar surface area (TPSA) is 118 Å². The number of anilines is 5. The summed E-state index contributed by atoms with van der Waals surface area (Å²) in [6, 6.07) is 9.34. The number of amides is 1. The van der Waals surface area contributed by atoms with Gasteiger partial charge in [-0.1, -0.05) is 11.6 Å². The molecular weight excluding hydrogens is 688 g/mol. The highest BCUT2D eigenvalue weighted by Gasteiger charge is 2.43. The number of hydrogen-bond acceptors (Lipinski definition) is 9. The molecule has 11 nitrogen and oxygen atoms in total. The number of nitrogens with one attached hydrogen (secondary N) is 2. The van der Waals surface area contributed by atoms with Gasteiger partial charge in [0.15, 0.2) is 0 Å². The summed E-state index contributed by atoms with van der Waals surface area (Å²) >= 11 is 3.50. The Hall–Kier alpha value is -4.10. The monoisotopic (exact) mass is 720 g/mol. The summed E-state index contributed by atoms with van der Waals surface area (Å²) in [6.45, 7) is 5.60. The Kier molecular flexibility index (Phi) is 9.37. The molecule has 3 heterocycles. The molecule has 1 aliphatic heterocycles. The van der Waals surface area contributed by atoms with Gasteiger partial charge in [-0.25, -0.2) is 4.98 Å². The van der Waals surface area contributed by atoms with E-state index in [9.17, 15) is 22.5 Å². The van der Waals surface area contributed by atoms with Crippen molar-refractivity contribution in [2.24, 2.45) is 7.05 Å². The quantitative estimate of drug-likeness (QED) is 0.215. The van der Waals surface area contributed by atoms with Gasteiger partial charge in [-0.15, -0.1) is 0 Å². The number of piperazine rings is 1. The molecule has 16 heteroatoms. The predicted octanol–water partition coefficient (Wildman–Crippen LogP) is 5.90. The molecule has 2 aromatic carbocycles. The van der Waals surface area contributed by atoms with Gasteiger partial charge in [-0.2, -0.15) is 23.3 Å². The molecule has 0 atom stereocenters. The zero-order valence-corrected chi connectivity index (χ0v) is 28.3. The molecule has 1 saturated heterocycles. The molecule has 4 aromatic rings. The number of carbonyl (C=O) groups is 1. The lowest BCUT2D eigenvalue weighted by atomic mass is 10.0. The molecule has 1 amide bonds. The number of hydrogen-bond donors (Lipinski definition) is 2. The van der Waals surface area contributed by atoms with Crippen LogP contribution in [0.1, 0.15) is 5.56 Å². The second-order valence-electron chi connectivity index (χ2n) is 11.3. The molecule has 0 saturated carbocycles. The largest absolute Gasteiger partial charge is 0.494 e.